The van der Waals surface area contributed by atoms with Gasteiger partial charge in [-0.15, -0.1) is 23.4 Å². The number of rotatable bonds is 8. The molecule has 7 nitrogen and oxygen atoms in total. The van der Waals surface area contributed by atoms with Crippen LogP contribution in [-0.4, -0.2) is 29.0 Å². The van der Waals surface area contributed by atoms with E-state index < -0.39 is 18.2 Å². The van der Waals surface area contributed by atoms with Crippen LogP contribution in [0.5, 0.6) is 5.75 Å². The quantitative estimate of drug-likeness (QED) is 0.691. The lowest BCUT2D eigenvalue weighted by molar-refractivity contribution is -0.274. The van der Waals surface area contributed by atoms with Crippen molar-refractivity contribution in [3.8, 4) is 17.2 Å². The highest BCUT2D eigenvalue weighted by Crippen LogP contribution is 2.33. The highest BCUT2D eigenvalue weighted by Gasteiger charge is 2.33. The van der Waals surface area contributed by atoms with E-state index in [0.717, 1.165) is 12.5 Å². The number of amides is 1. The second-order valence-corrected chi connectivity index (χ2v) is 5.53. The average molecular weight is 372 g/mol. The van der Waals surface area contributed by atoms with Crippen molar-refractivity contribution in [2.75, 3.05) is 6.54 Å². The summed E-state index contributed by atoms with van der Waals surface area (Å²) in [5.74, 6) is -0.763. The predicted octanol–water partition coefficient (Wildman–Crippen LogP) is 2.94. The minimum atomic E-state index is -4.85. The minimum absolute atomic E-state index is 0.00658. The molecule has 0 saturated carbocycles. The molecular weight excluding hydrogens is 353 g/mol. The summed E-state index contributed by atoms with van der Waals surface area (Å²) in [7, 11) is 0. The lowest BCUT2D eigenvalue weighted by Crippen LogP contribution is -2.26. The Bertz CT molecular complexity index is 734. The van der Waals surface area contributed by atoms with Gasteiger partial charge in [0.2, 0.25) is 11.8 Å². The van der Waals surface area contributed by atoms with Gasteiger partial charge in [0.25, 0.3) is 5.89 Å². The summed E-state index contributed by atoms with van der Waals surface area (Å²) in [5, 5.41) is 10.3. The van der Waals surface area contributed by atoms with Crippen molar-refractivity contribution in [2.24, 2.45) is 5.73 Å². The van der Waals surface area contributed by atoms with Gasteiger partial charge in [-0.1, -0.05) is 12.1 Å². The van der Waals surface area contributed by atoms with Gasteiger partial charge in [0, 0.05) is 6.92 Å². The first-order chi connectivity index (χ1) is 12.3. The zero-order valence-corrected chi connectivity index (χ0v) is 14.0. The highest BCUT2D eigenvalue weighted by molar-refractivity contribution is 5.73. The standard InChI is InChI=1S/C16H19F3N4O3/c1-10(24)21-12(7-4-5-9-20)15-23-22-14(25-15)11-6-2-3-8-13(11)26-16(17,18)19/h2-3,6,8,12H,4-5,7,9,20H2,1H3,(H,21,24)/t12-/m0/s1. The first-order valence-electron chi connectivity index (χ1n) is 7.96. The summed E-state index contributed by atoms with van der Waals surface area (Å²) in [6.45, 7) is 1.85. The number of nitrogens with one attached hydrogen (secondary N) is 1. The van der Waals surface area contributed by atoms with E-state index in [1.54, 1.807) is 0 Å². The molecule has 0 saturated heterocycles. The molecule has 0 fully saturated rings. The number of para-hydroxylation sites is 1. The van der Waals surface area contributed by atoms with E-state index in [4.69, 9.17) is 10.2 Å². The van der Waals surface area contributed by atoms with Crippen molar-refractivity contribution < 1.29 is 27.1 Å². The fraction of sp³-hybridized carbons (Fsp3) is 0.438. The molecule has 2 aromatic rings. The maximum Gasteiger partial charge on any atom is 0.573 e. The average Bonchev–Trinajstić information content (AvgIpc) is 3.02. The molecule has 2 rings (SSSR count). The van der Waals surface area contributed by atoms with Crippen LogP contribution in [-0.2, 0) is 4.79 Å². The molecule has 1 heterocycles. The highest BCUT2D eigenvalue weighted by atomic mass is 19.4. The Morgan fingerprint density at radius 1 is 1.31 bits per heavy atom. The van der Waals surface area contributed by atoms with Crippen LogP contribution in [0.25, 0.3) is 11.5 Å². The molecular formula is C16H19F3N4O3. The van der Waals surface area contributed by atoms with Gasteiger partial charge in [0.1, 0.15) is 11.8 Å². The lowest BCUT2D eigenvalue weighted by Gasteiger charge is -2.13. The molecule has 0 radical (unpaired) electrons. The van der Waals surface area contributed by atoms with E-state index in [-0.39, 0.29) is 23.3 Å². The number of nitrogens with two attached hydrogens (primary N) is 1. The maximum atomic E-state index is 12.5. The second kappa shape index (κ2) is 8.65. The SMILES string of the molecule is CC(=O)N[C@@H](CCCCN)c1nnc(-c2ccccc2OC(F)(F)F)o1. The first-order valence-corrected chi connectivity index (χ1v) is 7.96. The Morgan fingerprint density at radius 2 is 2.04 bits per heavy atom. The van der Waals surface area contributed by atoms with Gasteiger partial charge in [0.05, 0.1) is 5.56 Å². The van der Waals surface area contributed by atoms with Gasteiger partial charge in [0.15, 0.2) is 0 Å². The van der Waals surface area contributed by atoms with Gasteiger partial charge in [-0.3, -0.25) is 4.79 Å². The number of hydrogen-bond acceptors (Lipinski definition) is 6. The number of nitrogens with zero attached hydrogens (tertiary/aromatic N) is 2. The molecule has 0 aliphatic carbocycles. The number of ether oxygens (including phenoxy) is 1. The minimum Gasteiger partial charge on any atom is -0.418 e. The van der Waals surface area contributed by atoms with Crippen molar-refractivity contribution in [1.29, 1.82) is 0 Å². The number of halogens is 3. The molecule has 0 spiro atoms. The van der Waals surface area contributed by atoms with Crippen LogP contribution in [0.15, 0.2) is 28.7 Å². The van der Waals surface area contributed by atoms with E-state index in [0.29, 0.717) is 19.4 Å². The topological polar surface area (TPSA) is 103 Å². The molecule has 10 heteroatoms. The molecule has 1 amide bonds. The summed E-state index contributed by atoms with van der Waals surface area (Å²) < 4.78 is 47.1. The fourth-order valence-corrected chi connectivity index (χ4v) is 2.34. The van der Waals surface area contributed by atoms with Crippen molar-refractivity contribution in [3.63, 3.8) is 0 Å². The van der Waals surface area contributed by atoms with Gasteiger partial charge < -0.3 is 20.2 Å². The van der Waals surface area contributed by atoms with Gasteiger partial charge in [-0.05, 0) is 37.9 Å². The maximum absolute atomic E-state index is 12.5. The van der Waals surface area contributed by atoms with Crippen LogP contribution in [0.1, 0.15) is 38.1 Å². The Morgan fingerprint density at radius 3 is 2.69 bits per heavy atom. The summed E-state index contributed by atoms with van der Waals surface area (Å²) in [5.41, 5.74) is 5.46. The van der Waals surface area contributed by atoms with Crippen LogP contribution < -0.4 is 15.8 Å². The molecule has 3 N–H and O–H groups in total. The van der Waals surface area contributed by atoms with Crippen molar-refractivity contribution >= 4 is 5.91 Å². The van der Waals surface area contributed by atoms with E-state index in [1.165, 1.54) is 25.1 Å². The first kappa shape index (κ1) is 19.7. The molecule has 1 aromatic heterocycles. The number of hydrogen-bond donors (Lipinski definition) is 2. The second-order valence-electron chi connectivity index (χ2n) is 5.53. The summed E-state index contributed by atoms with van der Waals surface area (Å²) in [4.78, 5) is 11.4. The summed E-state index contributed by atoms with van der Waals surface area (Å²) in [6, 6.07) is 4.90. The number of unbranched alkanes of at least 4 members (excludes halogenated alkanes) is 1. The van der Waals surface area contributed by atoms with E-state index >= 15 is 0 Å². The van der Waals surface area contributed by atoms with Crippen LogP contribution >= 0.6 is 0 Å². The Kier molecular flexibility index (Phi) is 6.56. The molecule has 26 heavy (non-hydrogen) atoms. The number of benzene rings is 1. The lowest BCUT2D eigenvalue weighted by atomic mass is 10.1. The molecule has 0 bridgehead atoms. The van der Waals surface area contributed by atoms with Crippen molar-refractivity contribution in [3.05, 3.63) is 30.2 Å². The molecule has 0 aliphatic rings. The number of alkyl halides is 3. The monoisotopic (exact) mass is 372 g/mol. The van der Waals surface area contributed by atoms with Crippen LogP contribution in [0, 0.1) is 0 Å². The zero-order chi connectivity index (χ0) is 19.2. The third kappa shape index (κ3) is 5.73. The largest absolute Gasteiger partial charge is 0.573 e. The van der Waals surface area contributed by atoms with Crippen LogP contribution in [0.3, 0.4) is 0 Å². The normalized spacial score (nSPS) is 12.7. The van der Waals surface area contributed by atoms with Gasteiger partial charge >= 0.3 is 6.36 Å². The number of carbonyl (C=O) groups excluding carboxylic acids is 1. The molecule has 142 valence electrons. The van der Waals surface area contributed by atoms with E-state index in [1.807, 2.05) is 0 Å². The molecule has 0 aliphatic heterocycles. The molecule has 1 atom stereocenters. The fourth-order valence-electron chi connectivity index (χ4n) is 2.34. The predicted molar refractivity (Wildman–Crippen MR) is 85.9 cm³/mol. The molecule has 1 aromatic carbocycles. The number of carbonyl (C=O) groups is 1. The Hall–Kier alpha value is -2.62. The van der Waals surface area contributed by atoms with Crippen LogP contribution in [0.2, 0.25) is 0 Å². The summed E-state index contributed by atoms with van der Waals surface area (Å²) >= 11 is 0. The van der Waals surface area contributed by atoms with Crippen molar-refractivity contribution in [2.45, 2.75) is 38.6 Å². The van der Waals surface area contributed by atoms with Gasteiger partial charge in [-0.2, -0.15) is 0 Å². The van der Waals surface area contributed by atoms with E-state index in [9.17, 15) is 18.0 Å². The summed E-state index contributed by atoms with van der Waals surface area (Å²) in [6.07, 6.45) is -2.87. The third-order valence-corrected chi connectivity index (χ3v) is 3.41. The number of aromatic nitrogens is 2. The smallest absolute Gasteiger partial charge is 0.418 e. The zero-order valence-electron chi connectivity index (χ0n) is 14.0. The Balaban J connectivity index is 2.26. The Labute approximate surface area is 147 Å². The van der Waals surface area contributed by atoms with Gasteiger partial charge in [-0.25, -0.2) is 0 Å². The third-order valence-electron chi connectivity index (χ3n) is 3.41. The van der Waals surface area contributed by atoms with Crippen LogP contribution in [0.4, 0.5) is 13.2 Å². The van der Waals surface area contributed by atoms with Crippen molar-refractivity contribution in [1.82, 2.24) is 15.5 Å². The molecule has 0 unspecified atom stereocenters. The van der Waals surface area contributed by atoms with E-state index in [2.05, 4.69) is 20.3 Å².